The van der Waals surface area contributed by atoms with Crippen molar-refractivity contribution in [3.8, 4) is 0 Å². The van der Waals surface area contributed by atoms with Gasteiger partial charge in [0.15, 0.2) is 0 Å². The molecule has 0 aromatic carbocycles. The number of ether oxygens (including phenoxy) is 1. The molecule has 2 bridgehead atoms. The van der Waals surface area contributed by atoms with Gasteiger partial charge in [0, 0.05) is 19.6 Å². The summed E-state index contributed by atoms with van der Waals surface area (Å²) in [6, 6.07) is -0.0373. The minimum absolute atomic E-state index is 0.0373. The lowest BCUT2D eigenvalue weighted by Gasteiger charge is -2.33. The highest BCUT2D eigenvalue weighted by Gasteiger charge is 2.36. The summed E-state index contributed by atoms with van der Waals surface area (Å²) in [6.45, 7) is 2.09. The van der Waals surface area contributed by atoms with E-state index in [4.69, 9.17) is 4.74 Å². The largest absolute Gasteiger partial charge is 0.401 e. The molecule has 24 heavy (non-hydrogen) atoms. The third-order valence-corrected chi connectivity index (χ3v) is 5.27. The molecule has 8 heteroatoms. The molecule has 0 spiro atoms. The van der Waals surface area contributed by atoms with Crippen molar-refractivity contribution in [3.05, 3.63) is 0 Å². The molecule has 3 aliphatic rings. The molecule has 3 rings (SSSR count). The average molecular weight is 349 g/mol. The molecule has 0 aromatic heterocycles. The molecule has 3 heterocycles. The Morgan fingerprint density at radius 3 is 2.29 bits per heavy atom. The molecule has 2 amide bonds. The van der Waals surface area contributed by atoms with Gasteiger partial charge in [-0.1, -0.05) is 0 Å². The molecule has 2 unspecified atom stereocenters. The maximum atomic E-state index is 12.4. The Labute approximate surface area is 140 Å². The first-order valence-corrected chi connectivity index (χ1v) is 8.86. The molecule has 1 N–H and O–H groups in total. The summed E-state index contributed by atoms with van der Waals surface area (Å²) in [7, 11) is 0. The van der Waals surface area contributed by atoms with E-state index in [0.29, 0.717) is 38.6 Å². The number of amides is 2. The maximum absolute atomic E-state index is 12.4. The van der Waals surface area contributed by atoms with Crippen LogP contribution in [0.4, 0.5) is 18.0 Å². The molecule has 5 nitrogen and oxygen atoms in total. The van der Waals surface area contributed by atoms with Crippen LogP contribution in [0.2, 0.25) is 0 Å². The summed E-state index contributed by atoms with van der Waals surface area (Å²) < 4.78 is 42.8. The molecule has 0 saturated carbocycles. The lowest BCUT2D eigenvalue weighted by molar-refractivity contribution is -0.148. The second kappa shape index (κ2) is 7.47. The van der Waals surface area contributed by atoms with Gasteiger partial charge in [0.05, 0.1) is 18.8 Å². The first-order valence-electron chi connectivity index (χ1n) is 8.86. The van der Waals surface area contributed by atoms with Gasteiger partial charge in [-0.15, -0.1) is 0 Å². The number of hydrogen-bond acceptors (Lipinski definition) is 3. The van der Waals surface area contributed by atoms with Crippen LogP contribution in [-0.4, -0.2) is 73.5 Å². The van der Waals surface area contributed by atoms with E-state index in [2.05, 4.69) is 5.32 Å². The van der Waals surface area contributed by atoms with Crippen molar-refractivity contribution in [2.45, 2.75) is 50.5 Å². The van der Waals surface area contributed by atoms with Gasteiger partial charge in [-0.05, 0) is 51.1 Å². The van der Waals surface area contributed by atoms with Crippen molar-refractivity contribution in [3.63, 3.8) is 0 Å². The van der Waals surface area contributed by atoms with Crippen LogP contribution in [0.5, 0.6) is 0 Å². The third-order valence-electron chi connectivity index (χ3n) is 5.27. The molecule has 2 atom stereocenters. The van der Waals surface area contributed by atoms with Gasteiger partial charge < -0.3 is 15.0 Å². The van der Waals surface area contributed by atoms with Crippen LogP contribution in [0.1, 0.15) is 32.1 Å². The fraction of sp³-hybridized carbons (Fsp3) is 0.938. The summed E-state index contributed by atoms with van der Waals surface area (Å²) in [6.07, 6.45) is 0.707. The van der Waals surface area contributed by atoms with Gasteiger partial charge >= 0.3 is 12.2 Å². The van der Waals surface area contributed by atoms with Crippen molar-refractivity contribution in [2.24, 2.45) is 5.92 Å². The standard InChI is InChI=1S/C16H26F3N3O2/c17-16(18,19)11-21-7-4-12(5-8-21)3-6-20-15(23)22-9-13-1-2-14(10-22)24-13/h12-14H,1-11H2,(H,20,23). The van der Waals surface area contributed by atoms with E-state index in [-0.39, 0.29) is 18.2 Å². The fourth-order valence-corrected chi connectivity index (χ4v) is 3.96. The number of carbonyl (C=O) groups is 1. The van der Waals surface area contributed by atoms with Crippen LogP contribution in [0, 0.1) is 5.92 Å². The number of piperidine rings is 1. The number of alkyl halides is 3. The Morgan fingerprint density at radius 1 is 1.08 bits per heavy atom. The summed E-state index contributed by atoms with van der Waals surface area (Å²) in [5.41, 5.74) is 0. The molecule has 3 saturated heterocycles. The van der Waals surface area contributed by atoms with E-state index in [1.807, 2.05) is 4.90 Å². The molecular formula is C16H26F3N3O2. The predicted octanol–water partition coefficient (Wildman–Crippen LogP) is 2.22. The highest BCUT2D eigenvalue weighted by Crippen LogP contribution is 2.26. The Hall–Kier alpha value is -1.02. The van der Waals surface area contributed by atoms with E-state index in [1.54, 1.807) is 0 Å². The smallest absolute Gasteiger partial charge is 0.371 e. The number of rotatable bonds is 4. The van der Waals surface area contributed by atoms with Crippen molar-refractivity contribution >= 4 is 6.03 Å². The zero-order valence-corrected chi connectivity index (χ0v) is 13.9. The number of nitrogens with zero attached hydrogens (tertiary/aromatic N) is 2. The second-order valence-electron chi connectivity index (χ2n) is 7.22. The van der Waals surface area contributed by atoms with Gasteiger partial charge in [-0.3, -0.25) is 4.90 Å². The number of nitrogens with one attached hydrogen (secondary N) is 1. The van der Waals surface area contributed by atoms with Crippen LogP contribution in [0.3, 0.4) is 0 Å². The first kappa shape index (κ1) is 17.8. The van der Waals surface area contributed by atoms with E-state index < -0.39 is 12.7 Å². The quantitative estimate of drug-likeness (QED) is 0.847. The summed E-state index contributed by atoms with van der Waals surface area (Å²) in [5.74, 6) is 0.399. The van der Waals surface area contributed by atoms with E-state index in [9.17, 15) is 18.0 Å². The highest BCUT2D eigenvalue weighted by atomic mass is 19.4. The zero-order valence-electron chi connectivity index (χ0n) is 13.9. The Balaban J connectivity index is 1.30. The van der Waals surface area contributed by atoms with Crippen LogP contribution in [0.15, 0.2) is 0 Å². The van der Waals surface area contributed by atoms with Crippen LogP contribution >= 0.6 is 0 Å². The van der Waals surface area contributed by atoms with E-state index in [1.165, 1.54) is 4.90 Å². The Bertz CT molecular complexity index is 427. The Morgan fingerprint density at radius 2 is 1.71 bits per heavy atom. The van der Waals surface area contributed by atoms with E-state index in [0.717, 1.165) is 32.1 Å². The van der Waals surface area contributed by atoms with Crippen LogP contribution in [-0.2, 0) is 4.74 Å². The predicted molar refractivity (Wildman–Crippen MR) is 82.7 cm³/mol. The lowest BCUT2D eigenvalue weighted by atomic mass is 9.93. The number of halogens is 3. The number of carbonyl (C=O) groups excluding carboxylic acids is 1. The lowest BCUT2D eigenvalue weighted by Crippen LogP contribution is -2.50. The van der Waals surface area contributed by atoms with Crippen LogP contribution in [0.25, 0.3) is 0 Å². The number of morpholine rings is 1. The minimum Gasteiger partial charge on any atom is -0.371 e. The SMILES string of the molecule is O=C(NCCC1CCN(CC(F)(F)F)CC1)N1CC2CCC(C1)O2. The van der Waals surface area contributed by atoms with Crippen molar-refractivity contribution in [2.75, 3.05) is 39.3 Å². The number of urea groups is 1. The minimum atomic E-state index is -4.11. The van der Waals surface area contributed by atoms with Gasteiger partial charge in [0.25, 0.3) is 0 Å². The van der Waals surface area contributed by atoms with Crippen molar-refractivity contribution < 1.29 is 22.7 Å². The van der Waals surface area contributed by atoms with Gasteiger partial charge in [-0.25, -0.2) is 4.79 Å². The van der Waals surface area contributed by atoms with Crippen molar-refractivity contribution in [1.82, 2.24) is 15.1 Å². The third kappa shape index (κ3) is 4.99. The highest BCUT2D eigenvalue weighted by molar-refractivity contribution is 5.74. The number of hydrogen-bond donors (Lipinski definition) is 1. The monoisotopic (exact) mass is 349 g/mol. The molecular weight excluding hydrogens is 323 g/mol. The van der Waals surface area contributed by atoms with Gasteiger partial charge in [0.2, 0.25) is 0 Å². The molecule has 3 fully saturated rings. The summed E-state index contributed by atoms with van der Waals surface area (Å²) in [4.78, 5) is 15.5. The summed E-state index contributed by atoms with van der Waals surface area (Å²) >= 11 is 0. The topological polar surface area (TPSA) is 44.8 Å². The second-order valence-corrected chi connectivity index (χ2v) is 7.22. The first-order chi connectivity index (χ1) is 11.4. The molecule has 0 aliphatic carbocycles. The number of likely N-dealkylation sites (tertiary alicyclic amines) is 2. The molecule has 0 aromatic rings. The van der Waals surface area contributed by atoms with Gasteiger partial charge in [-0.2, -0.15) is 13.2 Å². The maximum Gasteiger partial charge on any atom is 0.401 e. The zero-order chi connectivity index (χ0) is 17.2. The normalized spacial score (nSPS) is 29.0. The Kier molecular flexibility index (Phi) is 5.54. The van der Waals surface area contributed by atoms with Crippen LogP contribution < -0.4 is 5.32 Å². The summed E-state index contributed by atoms with van der Waals surface area (Å²) in [5, 5.41) is 2.96. The average Bonchev–Trinajstić information content (AvgIpc) is 2.85. The van der Waals surface area contributed by atoms with Crippen molar-refractivity contribution in [1.29, 1.82) is 0 Å². The molecule has 3 aliphatic heterocycles. The number of fused-ring (bicyclic) bond motifs is 2. The van der Waals surface area contributed by atoms with Gasteiger partial charge in [0.1, 0.15) is 0 Å². The van der Waals surface area contributed by atoms with E-state index >= 15 is 0 Å². The molecule has 138 valence electrons. The molecule has 0 radical (unpaired) electrons. The fourth-order valence-electron chi connectivity index (χ4n) is 3.96.